The van der Waals surface area contributed by atoms with Gasteiger partial charge in [0.25, 0.3) is 11.8 Å². The Morgan fingerprint density at radius 2 is 1.24 bits per heavy atom. The van der Waals surface area contributed by atoms with Crippen LogP contribution in [0.3, 0.4) is 0 Å². The average molecular weight is 411 g/mol. The Balaban J connectivity index is 1.88. The summed E-state index contributed by atoms with van der Waals surface area (Å²) in [6, 6.07) is 0. The first-order valence-electron chi connectivity index (χ1n) is 11.4. The SMILES string of the molecule is CCCCCCCCCCCCCCCC(=O)NCC(=O)ON1C(=O)CCC1=O. The van der Waals surface area contributed by atoms with Crippen LogP contribution in [0.4, 0.5) is 0 Å². The first-order valence-corrected chi connectivity index (χ1v) is 11.4. The summed E-state index contributed by atoms with van der Waals surface area (Å²) in [6.45, 7) is 1.90. The molecule has 1 aliphatic heterocycles. The lowest BCUT2D eigenvalue weighted by molar-refractivity contribution is -0.196. The molecule has 0 atom stereocenters. The molecule has 0 aliphatic carbocycles. The van der Waals surface area contributed by atoms with Crippen LogP contribution in [0.1, 0.15) is 110 Å². The van der Waals surface area contributed by atoms with Crippen molar-refractivity contribution in [1.82, 2.24) is 10.4 Å². The Labute approximate surface area is 174 Å². The molecule has 0 radical (unpaired) electrons. The normalized spacial score (nSPS) is 13.8. The third-order valence-electron chi connectivity index (χ3n) is 5.14. The Hall–Kier alpha value is -1.92. The minimum absolute atomic E-state index is 0.0531. The van der Waals surface area contributed by atoms with Gasteiger partial charge in [0, 0.05) is 19.3 Å². The lowest BCUT2D eigenvalue weighted by Gasteiger charge is -2.12. The van der Waals surface area contributed by atoms with Crippen molar-refractivity contribution >= 4 is 23.7 Å². The summed E-state index contributed by atoms with van der Waals surface area (Å²) < 4.78 is 0. The maximum absolute atomic E-state index is 11.7. The van der Waals surface area contributed by atoms with E-state index in [9.17, 15) is 19.2 Å². The van der Waals surface area contributed by atoms with Gasteiger partial charge in [-0.1, -0.05) is 84.0 Å². The summed E-state index contributed by atoms with van der Waals surface area (Å²) in [5, 5.41) is 2.95. The van der Waals surface area contributed by atoms with Gasteiger partial charge >= 0.3 is 5.97 Å². The largest absolute Gasteiger partial charge is 0.352 e. The van der Waals surface area contributed by atoms with Gasteiger partial charge in [0.15, 0.2) is 0 Å². The summed E-state index contributed by atoms with van der Waals surface area (Å²) in [6.07, 6.45) is 16.7. The van der Waals surface area contributed by atoms with Gasteiger partial charge in [-0.3, -0.25) is 14.4 Å². The van der Waals surface area contributed by atoms with E-state index in [4.69, 9.17) is 0 Å². The van der Waals surface area contributed by atoms with Crippen LogP contribution < -0.4 is 5.32 Å². The second-order valence-corrected chi connectivity index (χ2v) is 7.81. The number of imide groups is 1. The van der Waals surface area contributed by atoms with Gasteiger partial charge in [0.1, 0.15) is 6.54 Å². The highest BCUT2D eigenvalue weighted by molar-refractivity contribution is 6.01. The number of hydroxylamine groups is 2. The first kappa shape index (κ1) is 25.1. The van der Waals surface area contributed by atoms with E-state index in [0.29, 0.717) is 11.5 Å². The van der Waals surface area contributed by atoms with E-state index in [1.165, 1.54) is 64.2 Å². The van der Waals surface area contributed by atoms with Crippen LogP contribution >= 0.6 is 0 Å². The number of carbonyl (C=O) groups excluding carboxylic acids is 4. The topological polar surface area (TPSA) is 92.8 Å². The Kier molecular flexibility index (Phi) is 13.8. The molecule has 7 heteroatoms. The minimum atomic E-state index is -0.813. The van der Waals surface area contributed by atoms with Crippen molar-refractivity contribution < 1.29 is 24.0 Å². The second kappa shape index (κ2) is 15.9. The van der Waals surface area contributed by atoms with Gasteiger partial charge in [-0.05, 0) is 6.42 Å². The number of rotatable bonds is 17. The molecule has 0 saturated carbocycles. The fourth-order valence-electron chi connectivity index (χ4n) is 3.35. The Morgan fingerprint density at radius 1 is 0.793 bits per heavy atom. The molecule has 0 spiro atoms. The highest BCUT2D eigenvalue weighted by atomic mass is 16.7. The van der Waals surface area contributed by atoms with E-state index in [1.807, 2.05) is 0 Å². The predicted octanol–water partition coefficient (Wildman–Crippen LogP) is 4.19. The molecule has 1 saturated heterocycles. The molecule has 3 amide bonds. The maximum Gasteiger partial charge on any atom is 0.352 e. The zero-order chi connectivity index (χ0) is 21.3. The van der Waals surface area contributed by atoms with Crippen molar-refractivity contribution in [3.8, 4) is 0 Å². The van der Waals surface area contributed by atoms with Gasteiger partial charge in [0.05, 0.1) is 0 Å². The van der Waals surface area contributed by atoms with Crippen LogP contribution in [0.5, 0.6) is 0 Å². The third kappa shape index (κ3) is 12.3. The van der Waals surface area contributed by atoms with Crippen molar-refractivity contribution in [2.75, 3.05) is 6.54 Å². The van der Waals surface area contributed by atoms with Gasteiger partial charge < -0.3 is 10.2 Å². The molecule has 0 aromatic rings. The van der Waals surface area contributed by atoms with E-state index in [-0.39, 0.29) is 25.3 Å². The number of unbranched alkanes of at least 4 members (excludes halogenated alkanes) is 12. The van der Waals surface area contributed by atoms with E-state index < -0.39 is 17.8 Å². The smallest absolute Gasteiger partial charge is 0.345 e. The number of hydrogen-bond acceptors (Lipinski definition) is 5. The lowest BCUT2D eigenvalue weighted by Crippen LogP contribution is -2.37. The molecule has 0 bridgehead atoms. The van der Waals surface area contributed by atoms with Crippen LogP contribution in [0.25, 0.3) is 0 Å². The van der Waals surface area contributed by atoms with E-state index in [0.717, 1.165) is 19.3 Å². The van der Waals surface area contributed by atoms with Crippen LogP contribution in [0, 0.1) is 0 Å². The molecule has 1 rings (SSSR count). The molecular weight excluding hydrogens is 372 g/mol. The second-order valence-electron chi connectivity index (χ2n) is 7.81. The van der Waals surface area contributed by atoms with E-state index in [1.54, 1.807) is 0 Å². The number of nitrogens with zero attached hydrogens (tertiary/aromatic N) is 1. The predicted molar refractivity (Wildman–Crippen MR) is 111 cm³/mol. The highest BCUT2D eigenvalue weighted by Gasteiger charge is 2.32. The first-order chi connectivity index (χ1) is 14.0. The summed E-state index contributed by atoms with van der Waals surface area (Å²) in [4.78, 5) is 50.7. The van der Waals surface area contributed by atoms with E-state index in [2.05, 4.69) is 17.1 Å². The standard InChI is InChI=1S/C22H38N2O5/c1-2-3-4-5-6-7-8-9-10-11-12-13-14-15-19(25)23-18-22(28)29-24-20(26)16-17-21(24)27/h2-18H2,1H3,(H,23,25). The quantitative estimate of drug-likeness (QED) is 0.287. The summed E-state index contributed by atoms with van der Waals surface area (Å²) in [5.74, 6) is -2.08. The van der Waals surface area contributed by atoms with Crippen LogP contribution in [0.15, 0.2) is 0 Å². The van der Waals surface area contributed by atoms with Crippen molar-refractivity contribution in [2.24, 2.45) is 0 Å². The zero-order valence-electron chi connectivity index (χ0n) is 18.0. The summed E-state index contributed by atoms with van der Waals surface area (Å²) >= 11 is 0. The van der Waals surface area contributed by atoms with Gasteiger partial charge in [-0.25, -0.2) is 4.79 Å². The van der Waals surface area contributed by atoms with Crippen LogP contribution in [-0.4, -0.2) is 35.3 Å². The fourth-order valence-corrected chi connectivity index (χ4v) is 3.35. The number of amides is 3. The van der Waals surface area contributed by atoms with Gasteiger partial charge in [-0.2, -0.15) is 0 Å². The Bertz CT molecular complexity index is 505. The highest BCUT2D eigenvalue weighted by Crippen LogP contribution is 2.13. The molecule has 0 unspecified atom stereocenters. The molecule has 1 N–H and O–H groups in total. The number of carbonyl (C=O) groups is 4. The van der Waals surface area contributed by atoms with Gasteiger partial charge in [-0.15, -0.1) is 5.06 Å². The van der Waals surface area contributed by atoms with Crippen LogP contribution in [0.2, 0.25) is 0 Å². The minimum Gasteiger partial charge on any atom is -0.345 e. The van der Waals surface area contributed by atoms with E-state index >= 15 is 0 Å². The lowest BCUT2D eigenvalue weighted by atomic mass is 10.0. The molecule has 1 aliphatic rings. The molecule has 29 heavy (non-hydrogen) atoms. The zero-order valence-corrected chi connectivity index (χ0v) is 18.0. The summed E-state index contributed by atoms with van der Waals surface area (Å²) in [7, 11) is 0. The van der Waals surface area contributed by atoms with Crippen molar-refractivity contribution in [2.45, 2.75) is 110 Å². The van der Waals surface area contributed by atoms with Crippen molar-refractivity contribution in [1.29, 1.82) is 0 Å². The summed E-state index contributed by atoms with van der Waals surface area (Å²) in [5.41, 5.74) is 0. The molecule has 7 nitrogen and oxygen atoms in total. The number of hydrogen-bond donors (Lipinski definition) is 1. The van der Waals surface area contributed by atoms with Crippen molar-refractivity contribution in [3.05, 3.63) is 0 Å². The molecule has 0 aromatic carbocycles. The molecule has 1 fully saturated rings. The molecule has 166 valence electrons. The molecule has 1 heterocycles. The van der Waals surface area contributed by atoms with Crippen molar-refractivity contribution in [3.63, 3.8) is 0 Å². The molecule has 0 aromatic heterocycles. The monoisotopic (exact) mass is 410 g/mol. The van der Waals surface area contributed by atoms with Crippen LogP contribution in [-0.2, 0) is 24.0 Å². The van der Waals surface area contributed by atoms with Gasteiger partial charge in [0.2, 0.25) is 5.91 Å². The maximum atomic E-state index is 11.7. The average Bonchev–Trinajstić information content (AvgIpc) is 3.02. The molecular formula is C22H38N2O5. The third-order valence-corrected chi connectivity index (χ3v) is 5.14. The Morgan fingerprint density at radius 3 is 1.72 bits per heavy atom. The number of nitrogens with one attached hydrogen (secondary N) is 1. The fraction of sp³-hybridized carbons (Fsp3) is 0.818.